The lowest BCUT2D eigenvalue weighted by atomic mass is 10.1. The van der Waals surface area contributed by atoms with Crippen LogP contribution >= 0.6 is 0 Å². The third kappa shape index (κ3) is 4.19. The summed E-state index contributed by atoms with van der Waals surface area (Å²) in [6.07, 6.45) is -4.30. The van der Waals surface area contributed by atoms with Crippen molar-refractivity contribution in [3.63, 3.8) is 0 Å². The summed E-state index contributed by atoms with van der Waals surface area (Å²) in [4.78, 5) is 1.10. The number of aliphatic hydroxyl groups excluding tert-OH is 1. The number of hydrogen-bond acceptors (Lipinski definition) is 3. The molecule has 0 aliphatic carbocycles. The normalized spacial score (nSPS) is 11.7. The van der Waals surface area contributed by atoms with Crippen LogP contribution in [0.2, 0.25) is 0 Å². The second-order valence-corrected chi connectivity index (χ2v) is 4.08. The van der Waals surface area contributed by atoms with Crippen LogP contribution in [0.3, 0.4) is 0 Å². The van der Waals surface area contributed by atoms with Crippen LogP contribution < -0.4 is 10.6 Å². The molecule has 0 aliphatic heterocycles. The van der Waals surface area contributed by atoms with Gasteiger partial charge in [-0.05, 0) is 30.2 Å². The Morgan fingerprint density at radius 1 is 1.33 bits per heavy atom. The van der Waals surface area contributed by atoms with Gasteiger partial charge in [-0.1, -0.05) is 6.07 Å². The summed E-state index contributed by atoms with van der Waals surface area (Å²) in [6.45, 7) is 0.700. The predicted molar refractivity (Wildman–Crippen MR) is 64.4 cm³/mol. The van der Waals surface area contributed by atoms with E-state index < -0.39 is 12.7 Å². The summed E-state index contributed by atoms with van der Waals surface area (Å²) in [5.74, 6) is 0. The van der Waals surface area contributed by atoms with Crippen molar-refractivity contribution >= 4 is 5.69 Å². The number of benzene rings is 1. The van der Waals surface area contributed by atoms with Gasteiger partial charge in [-0.2, -0.15) is 13.2 Å². The van der Waals surface area contributed by atoms with Crippen LogP contribution in [0.15, 0.2) is 18.2 Å². The van der Waals surface area contributed by atoms with Crippen molar-refractivity contribution in [2.24, 2.45) is 5.73 Å². The first-order chi connectivity index (χ1) is 8.37. The van der Waals surface area contributed by atoms with Crippen LogP contribution in [0, 0.1) is 6.92 Å². The molecule has 6 heteroatoms. The highest BCUT2D eigenvalue weighted by molar-refractivity contribution is 5.51. The van der Waals surface area contributed by atoms with Crippen LogP contribution in [0.4, 0.5) is 18.9 Å². The molecule has 1 aromatic carbocycles. The molecular formula is C12H17F3N2O. The first-order valence-electron chi connectivity index (χ1n) is 5.59. The topological polar surface area (TPSA) is 49.5 Å². The highest BCUT2D eigenvalue weighted by Gasteiger charge is 2.30. The van der Waals surface area contributed by atoms with Gasteiger partial charge in [-0.15, -0.1) is 0 Å². The molecule has 3 N–H and O–H groups in total. The Kier molecular flexibility index (Phi) is 4.98. The quantitative estimate of drug-likeness (QED) is 0.851. The van der Waals surface area contributed by atoms with Crippen molar-refractivity contribution in [2.75, 3.05) is 24.6 Å². The minimum Gasteiger partial charge on any atom is -0.395 e. The molecule has 18 heavy (non-hydrogen) atoms. The molecule has 102 valence electrons. The molecule has 0 bridgehead atoms. The van der Waals surface area contributed by atoms with E-state index in [0.29, 0.717) is 12.2 Å². The molecule has 1 aromatic rings. The Hall–Kier alpha value is -1.27. The molecule has 0 amide bonds. The number of aliphatic hydroxyl groups is 1. The summed E-state index contributed by atoms with van der Waals surface area (Å²) in [7, 11) is 0. The Morgan fingerprint density at radius 3 is 2.44 bits per heavy atom. The van der Waals surface area contributed by atoms with E-state index in [1.54, 1.807) is 25.1 Å². The number of alkyl halides is 3. The third-order valence-corrected chi connectivity index (χ3v) is 2.65. The van der Waals surface area contributed by atoms with Crippen molar-refractivity contribution in [1.29, 1.82) is 0 Å². The zero-order valence-electron chi connectivity index (χ0n) is 10.2. The van der Waals surface area contributed by atoms with E-state index in [2.05, 4.69) is 0 Å². The molecule has 1 rings (SSSR count). The third-order valence-electron chi connectivity index (χ3n) is 2.65. The standard InChI is InChI=1S/C12H17F3N2O/c1-9-6-11(3-2-10(9)7-16)17(4-5-18)8-12(13,14)15/h2-3,6,18H,4-5,7-8,16H2,1H3. The lowest BCUT2D eigenvalue weighted by Crippen LogP contribution is -2.36. The maximum absolute atomic E-state index is 12.4. The van der Waals surface area contributed by atoms with Crippen LogP contribution in [-0.4, -0.2) is 31.0 Å². The van der Waals surface area contributed by atoms with Crippen LogP contribution in [0.1, 0.15) is 11.1 Å². The Morgan fingerprint density at radius 2 is 2.00 bits per heavy atom. The van der Waals surface area contributed by atoms with Crippen molar-refractivity contribution in [1.82, 2.24) is 0 Å². The highest BCUT2D eigenvalue weighted by atomic mass is 19.4. The molecule has 0 saturated carbocycles. The van der Waals surface area contributed by atoms with E-state index in [0.717, 1.165) is 16.0 Å². The smallest absolute Gasteiger partial charge is 0.395 e. The van der Waals surface area contributed by atoms with E-state index in [9.17, 15) is 13.2 Å². The SMILES string of the molecule is Cc1cc(N(CCO)CC(F)(F)F)ccc1CN. The van der Waals surface area contributed by atoms with Gasteiger partial charge in [0.2, 0.25) is 0 Å². The van der Waals surface area contributed by atoms with Gasteiger partial charge in [-0.3, -0.25) is 0 Å². The van der Waals surface area contributed by atoms with Gasteiger partial charge in [0.15, 0.2) is 0 Å². The number of nitrogens with two attached hydrogens (primary N) is 1. The summed E-state index contributed by atoms with van der Waals surface area (Å²) < 4.78 is 37.3. The number of nitrogens with zero attached hydrogens (tertiary/aromatic N) is 1. The second kappa shape index (κ2) is 6.06. The molecule has 0 unspecified atom stereocenters. The average Bonchev–Trinajstić information content (AvgIpc) is 2.26. The molecule has 0 aromatic heterocycles. The summed E-state index contributed by atoms with van der Waals surface area (Å²) in [5, 5.41) is 8.84. The Labute approximate surface area is 104 Å². The molecule has 0 radical (unpaired) electrons. The van der Waals surface area contributed by atoms with Gasteiger partial charge in [0.05, 0.1) is 6.61 Å². The van der Waals surface area contributed by atoms with Gasteiger partial charge in [-0.25, -0.2) is 0 Å². The van der Waals surface area contributed by atoms with Gasteiger partial charge < -0.3 is 15.7 Å². The second-order valence-electron chi connectivity index (χ2n) is 4.08. The Balaban J connectivity index is 2.95. The number of halogens is 3. The largest absolute Gasteiger partial charge is 0.405 e. The fraction of sp³-hybridized carbons (Fsp3) is 0.500. The first kappa shape index (κ1) is 14.8. The number of rotatable bonds is 5. The fourth-order valence-corrected chi connectivity index (χ4v) is 1.74. The number of anilines is 1. The monoisotopic (exact) mass is 262 g/mol. The zero-order valence-corrected chi connectivity index (χ0v) is 10.2. The van der Waals surface area contributed by atoms with E-state index in [4.69, 9.17) is 10.8 Å². The summed E-state index contributed by atoms with van der Waals surface area (Å²) in [6, 6.07) is 4.96. The molecule has 0 aliphatic rings. The van der Waals surface area contributed by atoms with Gasteiger partial charge >= 0.3 is 6.18 Å². The van der Waals surface area contributed by atoms with Gasteiger partial charge in [0.1, 0.15) is 6.54 Å². The van der Waals surface area contributed by atoms with Crippen molar-refractivity contribution < 1.29 is 18.3 Å². The number of aryl methyl sites for hydroxylation is 1. The van der Waals surface area contributed by atoms with Gasteiger partial charge in [0.25, 0.3) is 0 Å². The summed E-state index contributed by atoms with van der Waals surface area (Å²) in [5.41, 5.74) is 7.69. The van der Waals surface area contributed by atoms with E-state index >= 15 is 0 Å². The van der Waals surface area contributed by atoms with E-state index in [1.807, 2.05) is 0 Å². The molecule has 3 nitrogen and oxygen atoms in total. The lowest BCUT2D eigenvalue weighted by molar-refractivity contribution is -0.119. The predicted octanol–water partition coefficient (Wildman–Crippen LogP) is 1.81. The molecule has 0 fully saturated rings. The van der Waals surface area contributed by atoms with Gasteiger partial charge in [0, 0.05) is 18.8 Å². The highest BCUT2D eigenvalue weighted by Crippen LogP contribution is 2.23. The molecule has 0 saturated heterocycles. The van der Waals surface area contributed by atoms with Crippen molar-refractivity contribution in [3.8, 4) is 0 Å². The minimum atomic E-state index is -4.30. The van der Waals surface area contributed by atoms with Crippen LogP contribution in [-0.2, 0) is 6.54 Å². The fourth-order valence-electron chi connectivity index (χ4n) is 1.74. The van der Waals surface area contributed by atoms with Crippen molar-refractivity contribution in [3.05, 3.63) is 29.3 Å². The average molecular weight is 262 g/mol. The van der Waals surface area contributed by atoms with E-state index in [-0.39, 0.29) is 13.2 Å². The van der Waals surface area contributed by atoms with Crippen molar-refractivity contribution in [2.45, 2.75) is 19.6 Å². The van der Waals surface area contributed by atoms with E-state index in [1.165, 1.54) is 0 Å². The maximum Gasteiger partial charge on any atom is 0.405 e. The summed E-state index contributed by atoms with van der Waals surface area (Å²) >= 11 is 0. The maximum atomic E-state index is 12.4. The molecular weight excluding hydrogens is 245 g/mol. The Bertz CT molecular complexity index is 393. The van der Waals surface area contributed by atoms with Crippen LogP contribution in [0.25, 0.3) is 0 Å². The minimum absolute atomic E-state index is 0.0546. The lowest BCUT2D eigenvalue weighted by Gasteiger charge is -2.25. The molecule has 0 heterocycles. The number of hydrogen-bond donors (Lipinski definition) is 2. The van der Waals surface area contributed by atoms with Crippen LogP contribution in [0.5, 0.6) is 0 Å². The molecule has 0 atom stereocenters. The zero-order chi connectivity index (χ0) is 13.8. The molecule has 0 spiro atoms. The first-order valence-corrected chi connectivity index (χ1v) is 5.59.